The second-order valence-corrected chi connectivity index (χ2v) is 11.4. The first-order valence-electron chi connectivity index (χ1n) is 12.7. The van der Waals surface area contributed by atoms with Gasteiger partial charge in [0.1, 0.15) is 23.9 Å². The monoisotopic (exact) mass is 556 g/mol. The molecule has 1 saturated heterocycles. The summed E-state index contributed by atoms with van der Waals surface area (Å²) in [6.07, 6.45) is 5.49. The van der Waals surface area contributed by atoms with Gasteiger partial charge in [0.25, 0.3) is 14.9 Å². The van der Waals surface area contributed by atoms with Crippen LogP contribution in [0.25, 0.3) is 11.1 Å². The summed E-state index contributed by atoms with van der Waals surface area (Å²) in [6.45, 7) is 4.94. The van der Waals surface area contributed by atoms with Crippen molar-refractivity contribution in [2.45, 2.75) is 12.7 Å². The van der Waals surface area contributed by atoms with Crippen LogP contribution in [-0.2, 0) is 6.17 Å². The first-order chi connectivity index (χ1) is 19.5. The summed E-state index contributed by atoms with van der Waals surface area (Å²) < 4.78 is 13.3. The Morgan fingerprint density at radius 2 is 1.93 bits per heavy atom. The molecule has 1 fully saturated rings. The molecule has 0 spiro atoms. The molecule has 204 valence electrons. The van der Waals surface area contributed by atoms with Crippen LogP contribution >= 0.6 is 0 Å². The molecule has 5 rings (SSSR count). The van der Waals surface area contributed by atoms with Gasteiger partial charge in [-0.25, -0.2) is 14.6 Å². The molecule has 1 atom stereocenters. The molecule has 2 N–H and O–H groups in total. The van der Waals surface area contributed by atoms with Crippen LogP contribution in [0.15, 0.2) is 55.1 Å². The van der Waals surface area contributed by atoms with Gasteiger partial charge in [-0.1, -0.05) is 6.07 Å². The van der Waals surface area contributed by atoms with E-state index in [0.29, 0.717) is 53.5 Å². The van der Waals surface area contributed by atoms with Crippen LogP contribution in [0.4, 0.5) is 11.6 Å². The van der Waals surface area contributed by atoms with Gasteiger partial charge in [-0.2, -0.15) is 5.26 Å². The third-order valence-corrected chi connectivity index (χ3v) is 7.89. The largest absolute Gasteiger partial charge is 0.544 e. The van der Waals surface area contributed by atoms with Crippen molar-refractivity contribution >= 4 is 26.6 Å². The molecular formula is C26H28N10O3Si. The SMILES string of the molecule is COc1cc(C(=O)N2CCNCC2)ccc1Nc1ncc(-c2ccc(C#N)c(O[Si@@H](C)Cn3cnnn3)c2)cn1. The molecule has 3 heterocycles. The summed E-state index contributed by atoms with van der Waals surface area (Å²) in [6, 6.07) is 12.9. The quantitative estimate of drug-likeness (QED) is 0.290. The molecule has 0 saturated carbocycles. The molecule has 14 heteroatoms. The molecule has 4 aromatic rings. The molecule has 13 nitrogen and oxygen atoms in total. The minimum absolute atomic E-state index is 0.0230. The van der Waals surface area contributed by atoms with E-state index >= 15 is 0 Å². The maximum Gasteiger partial charge on any atom is 0.254 e. The molecule has 1 amide bonds. The van der Waals surface area contributed by atoms with Crippen LogP contribution in [0.1, 0.15) is 15.9 Å². The van der Waals surface area contributed by atoms with E-state index in [0.717, 1.165) is 24.2 Å². The number of nitriles is 1. The summed E-state index contributed by atoms with van der Waals surface area (Å²) in [5.41, 5.74) is 3.23. The predicted octanol–water partition coefficient (Wildman–Crippen LogP) is 1.77. The van der Waals surface area contributed by atoms with Crippen molar-refractivity contribution in [3.8, 4) is 28.7 Å². The molecule has 1 aliphatic rings. The second kappa shape index (κ2) is 12.3. The van der Waals surface area contributed by atoms with Crippen LogP contribution in [0.3, 0.4) is 0 Å². The van der Waals surface area contributed by atoms with Crippen molar-refractivity contribution < 1.29 is 14.0 Å². The van der Waals surface area contributed by atoms with Crippen LogP contribution < -0.4 is 19.8 Å². The summed E-state index contributed by atoms with van der Waals surface area (Å²) >= 11 is 0. The molecule has 2 aromatic carbocycles. The summed E-state index contributed by atoms with van der Waals surface area (Å²) in [5.74, 6) is 1.37. The van der Waals surface area contributed by atoms with Crippen molar-refractivity contribution in [3.05, 3.63) is 66.2 Å². The van der Waals surface area contributed by atoms with Gasteiger partial charge in [0.15, 0.2) is 0 Å². The zero-order valence-corrected chi connectivity index (χ0v) is 23.3. The van der Waals surface area contributed by atoms with Crippen molar-refractivity contribution in [1.82, 2.24) is 40.4 Å². The molecule has 0 unspecified atom stereocenters. The predicted molar refractivity (Wildman–Crippen MR) is 149 cm³/mol. The second-order valence-electron chi connectivity index (χ2n) is 9.16. The van der Waals surface area contributed by atoms with Gasteiger partial charge >= 0.3 is 0 Å². The topological polar surface area (TPSA) is 156 Å². The Morgan fingerprint density at radius 1 is 1.12 bits per heavy atom. The molecule has 0 bridgehead atoms. The van der Waals surface area contributed by atoms with Gasteiger partial charge in [-0.3, -0.25) is 4.79 Å². The fourth-order valence-corrected chi connectivity index (χ4v) is 5.71. The Labute approximate surface area is 232 Å². The van der Waals surface area contributed by atoms with Gasteiger partial charge in [0, 0.05) is 49.7 Å². The lowest BCUT2D eigenvalue weighted by Gasteiger charge is -2.27. The third-order valence-electron chi connectivity index (χ3n) is 6.35. The number of ether oxygens (including phenoxy) is 1. The smallest absolute Gasteiger partial charge is 0.254 e. The number of hydrogen-bond acceptors (Lipinski definition) is 11. The molecule has 2 aromatic heterocycles. The Bertz CT molecular complexity index is 1500. The number of benzene rings is 2. The number of piperazine rings is 1. The number of methoxy groups -OCH3 is 1. The van der Waals surface area contributed by atoms with Crippen molar-refractivity contribution in [2.75, 3.05) is 38.6 Å². The van der Waals surface area contributed by atoms with Gasteiger partial charge in [0.2, 0.25) is 5.95 Å². The molecule has 0 aliphatic carbocycles. The average molecular weight is 557 g/mol. The van der Waals surface area contributed by atoms with E-state index in [1.807, 2.05) is 23.6 Å². The van der Waals surface area contributed by atoms with E-state index in [2.05, 4.69) is 42.2 Å². The number of aromatic nitrogens is 6. The Morgan fingerprint density at radius 3 is 2.62 bits per heavy atom. The van der Waals surface area contributed by atoms with Gasteiger partial charge in [0.05, 0.1) is 24.5 Å². The number of anilines is 2. The zero-order chi connectivity index (χ0) is 27.9. The molecular weight excluding hydrogens is 528 g/mol. The Balaban J connectivity index is 1.29. The first kappa shape index (κ1) is 26.7. The average Bonchev–Trinajstić information content (AvgIpc) is 3.50. The lowest BCUT2D eigenvalue weighted by Crippen LogP contribution is -2.46. The van der Waals surface area contributed by atoms with Crippen molar-refractivity contribution in [2.24, 2.45) is 0 Å². The normalized spacial score (nSPS) is 13.8. The zero-order valence-electron chi connectivity index (χ0n) is 22.1. The van der Waals surface area contributed by atoms with E-state index in [1.54, 1.807) is 54.8 Å². The highest BCUT2D eigenvalue weighted by Crippen LogP contribution is 2.30. The Kier molecular flexibility index (Phi) is 8.23. The Hall–Kier alpha value is -4.87. The molecule has 0 radical (unpaired) electrons. The third kappa shape index (κ3) is 6.22. The van der Waals surface area contributed by atoms with Gasteiger partial charge in [-0.15, -0.1) is 5.10 Å². The van der Waals surface area contributed by atoms with Crippen LogP contribution in [-0.4, -0.2) is 83.3 Å². The van der Waals surface area contributed by atoms with Gasteiger partial charge < -0.3 is 24.7 Å². The maximum atomic E-state index is 12.9. The summed E-state index contributed by atoms with van der Waals surface area (Å²) in [4.78, 5) is 23.6. The highest BCUT2D eigenvalue weighted by atomic mass is 28.3. The number of carbonyl (C=O) groups is 1. The highest BCUT2D eigenvalue weighted by Gasteiger charge is 2.20. The summed E-state index contributed by atoms with van der Waals surface area (Å²) in [7, 11) is -0.207. The van der Waals surface area contributed by atoms with E-state index in [9.17, 15) is 10.1 Å². The van der Waals surface area contributed by atoms with E-state index < -0.39 is 9.04 Å². The number of nitrogens with one attached hydrogen (secondary N) is 2. The first-order valence-corrected chi connectivity index (χ1v) is 15.2. The summed E-state index contributed by atoms with van der Waals surface area (Å²) in [5, 5.41) is 27.1. The van der Waals surface area contributed by atoms with E-state index in [4.69, 9.17) is 9.16 Å². The van der Waals surface area contributed by atoms with Gasteiger partial charge in [-0.05, 0) is 52.9 Å². The number of carbonyl (C=O) groups excluding carboxylic acids is 1. The van der Waals surface area contributed by atoms with Crippen LogP contribution in [0, 0.1) is 11.3 Å². The minimum atomic E-state index is -1.76. The fourth-order valence-electron chi connectivity index (χ4n) is 4.31. The molecule has 40 heavy (non-hydrogen) atoms. The van der Waals surface area contributed by atoms with E-state index in [1.165, 1.54) is 0 Å². The lowest BCUT2D eigenvalue weighted by molar-refractivity contribution is 0.0735. The maximum absolute atomic E-state index is 12.9. The number of amides is 1. The van der Waals surface area contributed by atoms with Crippen LogP contribution in [0.5, 0.6) is 11.5 Å². The minimum Gasteiger partial charge on any atom is -0.544 e. The van der Waals surface area contributed by atoms with E-state index in [-0.39, 0.29) is 5.91 Å². The lowest BCUT2D eigenvalue weighted by atomic mass is 10.1. The number of tetrazole rings is 1. The number of nitrogens with zero attached hydrogens (tertiary/aromatic N) is 8. The standard InChI is InChI=1S/C26H28N10O3Si/c1-38-24-12-19(25(37)35-9-7-28-8-10-35)5-6-22(24)32-26-29-14-21(15-30-26)18-3-4-20(13-27)23(11-18)39-40(2)17-36-16-31-33-34-36/h3-6,11-12,14-16,28,40H,7-10,17H2,1-2H3,(H,29,30,32)/t40-/m0/s1. The van der Waals surface area contributed by atoms with Crippen molar-refractivity contribution in [3.63, 3.8) is 0 Å². The number of hydrogen-bond donors (Lipinski definition) is 2. The highest BCUT2D eigenvalue weighted by molar-refractivity contribution is 6.49. The molecule has 1 aliphatic heterocycles. The number of rotatable bonds is 9. The fraction of sp³-hybridized carbons (Fsp3) is 0.269. The van der Waals surface area contributed by atoms with Crippen LogP contribution in [0.2, 0.25) is 6.55 Å². The van der Waals surface area contributed by atoms with Crippen molar-refractivity contribution in [1.29, 1.82) is 5.26 Å².